The van der Waals surface area contributed by atoms with Crippen molar-refractivity contribution in [2.45, 2.75) is 6.18 Å². The van der Waals surface area contributed by atoms with Crippen LogP contribution < -0.4 is 0 Å². The molecule has 0 amide bonds. The third-order valence-electron chi connectivity index (χ3n) is 3.42. The van der Waals surface area contributed by atoms with E-state index in [4.69, 9.17) is 0 Å². The molecule has 3 rings (SSSR count). The van der Waals surface area contributed by atoms with Crippen molar-refractivity contribution in [2.75, 3.05) is 0 Å². The van der Waals surface area contributed by atoms with Gasteiger partial charge >= 0.3 is 6.18 Å². The molecule has 0 bridgehead atoms. The van der Waals surface area contributed by atoms with E-state index in [1.54, 1.807) is 41.4 Å². The zero-order valence-corrected chi connectivity index (χ0v) is 11.8. The molecule has 0 unspecified atom stereocenters. The van der Waals surface area contributed by atoms with Crippen LogP contribution in [0.4, 0.5) is 13.2 Å². The summed E-state index contributed by atoms with van der Waals surface area (Å²) in [4.78, 5) is 14.9. The van der Waals surface area contributed by atoms with Crippen LogP contribution in [0.5, 0.6) is 0 Å². The number of aromatic nitrogens is 2. The van der Waals surface area contributed by atoms with Gasteiger partial charge in [0.05, 0.1) is 17.6 Å². The van der Waals surface area contributed by atoms with Gasteiger partial charge in [-0.25, -0.2) is 4.98 Å². The first kappa shape index (κ1) is 15.0. The summed E-state index contributed by atoms with van der Waals surface area (Å²) in [6.45, 7) is 0. The van der Waals surface area contributed by atoms with Crippen LogP contribution in [0.2, 0.25) is 0 Å². The van der Waals surface area contributed by atoms with Crippen molar-refractivity contribution >= 4 is 6.29 Å². The van der Waals surface area contributed by atoms with Crippen LogP contribution in [0.1, 0.15) is 15.9 Å². The first-order valence-electron chi connectivity index (χ1n) is 6.74. The first-order chi connectivity index (χ1) is 11.0. The van der Waals surface area contributed by atoms with Gasteiger partial charge in [-0.15, -0.1) is 0 Å². The van der Waals surface area contributed by atoms with E-state index >= 15 is 0 Å². The van der Waals surface area contributed by atoms with Gasteiger partial charge in [0.2, 0.25) is 0 Å². The van der Waals surface area contributed by atoms with Gasteiger partial charge in [0.25, 0.3) is 0 Å². The van der Waals surface area contributed by atoms with Gasteiger partial charge < -0.3 is 4.57 Å². The largest absolute Gasteiger partial charge is 0.416 e. The Morgan fingerprint density at radius 2 is 1.61 bits per heavy atom. The van der Waals surface area contributed by atoms with E-state index in [2.05, 4.69) is 4.98 Å². The Labute approximate surface area is 130 Å². The zero-order chi connectivity index (χ0) is 16.4. The normalized spacial score (nSPS) is 11.4. The van der Waals surface area contributed by atoms with E-state index in [1.165, 1.54) is 12.1 Å². The molecule has 0 spiro atoms. The van der Waals surface area contributed by atoms with E-state index in [0.717, 1.165) is 24.1 Å². The van der Waals surface area contributed by atoms with E-state index < -0.39 is 11.7 Å². The lowest BCUT2D eigenvalue weighted by Crippen LogP contribution is -2.03. The molecule has 116 valence electrons. The molecule has 0 fully saturated rings. The highest BCUT2D eigenvalue weighted by Gasteiger charge is 2.30. The van der Waals surface area contributed by atoms with Gasteiger partial charge in [-0.3, -0.25) is 4.79 Å². The summed E-state index contributed by atoms with van der Waals surface area (Å²) in [5.74, 6) is 0. The van der Waals surface area contributed by atoms with Crippen LogP contribution in [0.15, 0.2) is 61.1 Å². The van der Waals surface area contributed by atoms with Crippen LogP contribution in [-0.4, -0.2) is 15.8 Å². The van der Waals surface area contributed by atoms with Gasteiger partial charge in [-0.1, -0.05) is 12.1 Å². The highest BCUT2D eigenvalue weighted by atomic mass is 19.4. The van der Waals surface area contributed by atoms with Crippen molar-refractivity contribution in [3.8, 4) is 16.9 Å². The molecule has 1 heterocycles. The third kappa shape index (κ3) is 3.15. The second-order valence-electron chi connectivity index (χ2n) is 4.95. The van der Waals surface area contributed by atoms with Gasteiger partial charge in [-0.2, -0.15) is 13.2 Å². The Balaban J connectivity index is 1.87. The maximum Gasteiger partial charge on any atom is 0.416 e. The summed E-state index contributed by atoms with van der Waals surface area (Å²) in [6.07, 6.45) is -0.301. The molecular weight excluding hydrogens is 305 g/mol. The molecule has 0 aliphatic heterocycles. The number of hydrogen-bond donors (Lipinski definition) is 0. The number of nitrogens with zero attached hydrogens (tertiary/aromatic N) is 2. The van der Waals surface area contributed by atoms with Crippen molar-refractivity contribution in [1.29, 1.82) is 0 Å². The van der Waals surface area contributed by atoms with Crippen LogP contribution in [0, 0.1) is 0 Å². The van der Waals surface area contributed by atoms with Gasteiger partial charge in [-0.05, 0) is 36.4 Å². The Bertz CT molecular complexity index is 818. The second-order valence-corrected chi connectivity index (χ2v) is 4.95. The predicted octanol–water partition coefficient (Wildman–Crippen LogP) is 4.37. The van der Waals surface area contributed by atoms with Crippen molar-refractivity contribution in [3.05, 3.63) is 72.2 Å². The second kappa shape index (κ2) is 5.72. The molecule has 3 aromatic rings. The van der Waals surface area contributed by atoms with Crippen molar-refractivity contribution in [2.24, 2.45) is 0 Å². The summed E-state index contributed by atoms with van der Waals surface area (Å²) < 4.78 is 39.4. The summed E-state index contributed by atoms with van der Waals surface area (Å²) in [6, 6.07) is 11.8. The summed E-state index contributed by atoms with van der Waals surface area (Å²) in [5, 5.41) is 0. The number of carbonyl (C=O) groups excluding carboxylic acids is 1. The van der Waals surface area contributed by atoms with Gasteiger partial charge in [0, 0.05) is 23.0 Å². The Morgan fingerprint density at radius 1 is 0.957 bits per heavy atom. The highest BCUT2D eigenvalue weighted by molar-refractivity contribution is 5.75. The summed E-state index contributed by atoms with van der Waals surface area (Å²) in [5.41, 5.74) is 1.85. The number of rotatable bonds is 3. The fourth-order valence-electron chi connectivity index (χ4n) is 2.17. The fraction of sp³-hybridized carbons (Fsp3) is 0.0588. The summed E-state index contributed by atoms with van der Waals surface area (Å²) >= 11 is 0. The minimum Gasteiger partial charge on any atom is -0.306 e. The minimum absolute atomic E-state index is 0.567. The van der Waals surface area contributed by atoms with Gasteiger partial charge in [0.1, 0.15) is 6.29 Å². The zero-order valence-electron chi connectivity index (χ0n) is 11.8. The number of benzene rings is 2. The Morgan fingerprint density at radius 3 is 2.17 bits per heavy atom. The van der Waals surface area contributed by atoms with Crippen LogP contribution in [-0.2, 0) is 6.18 Å². The number of alkyl halides is 3. The molecule has 6 heteroatoms. The molecule has 0 atom stereocenters. The smallest absolute Gasteiger partial charge is 0.306 e. The predicted molar refractivity (Wildman–Crippen MR) is 79.4 cm³/mol. The number of halogens is 3. The first-order valence-corrected chi connectivity index (χ1v) is 6.74. The fourth-order valence-corrected chi connectivity index (χ4v) is 2.17. The highest BCUT2D eigenvalue weighted by Crippen LogP contribution is 2.30. The number of aldehydes is 1. The Kier molecular flexibility index (Phi) is 3.73. The number of hydrogen-bond acceptors (Lipinski definition) is 2. The Hall–Kier alpha value is -2.89. The number of imidazole rings is 1. The molecule has 3 nitrogen and oxygen atoms in total. The van der Waals surface area contributed by atoms with Crippen LogP contribution in [0.3, 0.4) is 0 Å². The molecule has 0 saturated heterocycles. The standard InChI is InChI=1S/C17H11F3N2O/c18-17(19,20)14-5-3-13(4-6-14)16-9-22(11-21-16)15-7-1-12(10-23)2-8-15/h1-11H. The molecule has 1 aromatic heterocycles. The molecule has 0 N–H and O–H groups in total. The van der Waals surface area contributed by atoms with Crippen molar-refractivity contribution in [1.82, 2.24) is 9.55 Å². The lowest BCUT2D eigenvalue weighted by Gasteiger charge is -2.06. The van der Waals surface area contributed by atoms with Crippen LogP contribution >= 0.6 is 0 Å². The summed E-state index contributed by atoms with van der Waals surface area (Å²) in [7, 11) is 0. The average Bonchev–Trinajstić information content (AvgIpc) is 3.04. The van der Waals surface area contributed by atoms with Crippen molar-refractivity contribution in [3.63, 3.8) is 0 Å². The molecular formula is C17H11F3N2O. The lowest BCUT2D eigenvalue weighted by molar-refractivity contribution is -0.137. The molecule has 2 aromatic carbocycles. The number of carbonyl (C=O) groups is 1. The molecule has 0 radical (unpaired) electrons. The molecule has 0 saturated carbocycles. The van der Waals surface area contributed by atoms with Crippen LogP contribution in [0.25, 0.3) is 16.9 Å². The van der Waals surface area contributed by atoms with Crippen molar-refractivity contribution < 1.29 is 18.0 Å². The van der Waals surface area contributed by atoms with E-state index in [9.17, 15) is 18.0 Å². The SMILES string of the molecule is O=Cc1ccc(-n2cnc(-c3ccc(C(F)(F)F)cc3)c2)cc1. The van der Waals surface area contributed by atoms with E-state index in [1.807, 2.05) is 0 Å². The van der Waals surface area contributed by atoms with E-state index in [-0.39, 0.29) is 0 Å². The molecule has 0 aliphatic rings. The minimum atomic E-state index is -4.35. The topological polar surface area (TPSA) is 34.9 Å². The maximum absolute atomic E-state index is 12.6. The molecule has 23 heavy (non-hydrogen) atoms. The lowest BCUT2D eigenvalue weighted by atomic mass is 10.1. The third-order valence-corrected chi connectivity index (χ3v) is 3.42. The van der Waals surface area contributed by atoms with E-state index in [0.29, 0.717) is 16.8 Å². The molecule has 0 aliphatic carbocycles. The monoisotopic (exact) mass is 316 g/mol. The van der Waals surface area contributed by atoms with Gasteiger partial charge in [0.15, 0.2) is 0 Å². The maximum atomic E-state index is 12.6. The quantitative estimate of drug-likeness (QED) is 0.673. The average molecular weight is 316 g/mol.